The Kier molecular flexibility index (Phi) is 9.18. The molecule has 0 saturated carbocycles. The van der Waals surface area contributed by atoms with Crippen LogP contribution in [0.5, 0.6) is 0 Å². The average molecular weight is 606 g/mol. The van der Waals surface area contributed by atoms with E-state index in [9.17, 15) is 13.2 Å². The smallest absolute Gasteiger partial charge is 0.264 e. The Balaban J connectivity index is 0.00000353. The fourth-order valence-corrected chi connectivity index (χ4v) is 7.48. The second kappa shape index (κ2) is 12.2. The molecule has 0 spiro atoms. The maximum Gasteiger partial charge on any atom is 0.264 e. The third kappa shape index (κ3) is 6.07. The van der Waals surface area contributed by atoms with Gasteiger partial charge in [0.05, 0.1) is 20.3 Å². The number of carbonyl (C=O) groups excluding carboxylic acids is 1. The van der Waals surface area contributed by atoms with Crippen molar-refractivity contribution < 1.29 is 13.2 Å². The number of carbonyl (C=O) groups is 1. The van der Waals surface area contributed by atoms with Crippen molar-refractivity contribution >= 4 is 72.3 Å². The first-order valence-electron chi connectivity index (χ1n) is 12.5. The zero-order valence-electron chi connectivity index (χ0n) is 21.7. The molecule has 0 atom stereocenters. The number of sulfonamides is 1. The normalized spacial score (nSPS) is 13.3. The molecule has 1 aromatic heterocycles. The molecular formula is C28H30Cl2N4O3S2. The van der Waals surface area contributed by atoms with Crippen LogP contribution in [0.3, 0.4) is 0 Å². The van der Waals surface area contributed by atoms with Crippen molar-refractivity contribution in [2.45, 2.75) is 24.2 Å². The zero-order chi connectivity index (χ0) is 26.9. The summed E-state index contributed by atoms with van der Waals surface area (Å²) in [6.07, 6.45) is 2.38. The third-order valence-electron chi connectivity index (χ3n) is 6.58. The van der Waals surface area contributed by atoms with Crippen molar-refractivity contribution in [3.63, 3.8) is 0 Å². The molecule has 7 nitrogen and oxygen atoms in total. The van der Waals surface area contributed by atoms with Gasteiger partial charge in [0.2, 0.25) is 0 Å². The summed E-state index contributed by atoms with van der Waals surface area (Å²) < 4.78 is 29.4. The predicted octanol–water partition coefficient (Wildman–Crippen LogP) is 6.11. The first-order valence-corrected chi connectivity index (χ1v) is 15.1. The van der Waals surface area contributed by atoms with E-state index in [-0.39, 0.29) is 23.2 Å². The number of hydrogen-bond donors (Lipinski definition) is 0. The summed E-state index contributed by atoms with van der Waals surface area (Å²) in [5, 5.41) is 1.11. The van der Waals surface area contributed by atoms with Gasteiger partial charge in [-0.2, -0.15) is 0 Å². The van der Waals surface area contributed by atoms with Crippen LogP contribution < -0.4 is 9.21 Å². The van der Waals surface area contributed by atoms with Crippen molar-refractivity contribution in [3.05, 3.63) is 82.9 Å². The highest BCUT2D eigenvalue weighted by molar-refractivity contribution is 7.92. The van der Waals surface area contributed by atoms with Crippen LogP contribution in [0.4, 0.5) is 10.8 Å². The first kappa shape index (κ1) is 29.3. The monoisotopic (exact) mass is 604 g/mol. The zero-order valence-corrected chi connectivity index (χ0v) is 24.9. The number of nitrogens with zero attached hydrogens (tertiary/aromatic N) is 4. The van der Waals surface area contributed by atoms with E-state index in [4.69, 9.17) is 11.6 Å². The molecule has 0 bridgehead atoms. The van der Waals surface area contributed by atoms with Crippen LogP contribution in [-0.4, -0.2) is 57.9 Å². The predicted molar refractivity (Wildman–Crippen MR) is 162 cm³/mol. The maximum absolute atomic E-state index is 13.7. The average Bonchev–Trinajstić information content (AvgIpc) is 3.36. The summed E-state index contributed by atoms with van der Waals surface area (Å²) in [5.74, 6) is -0.230. The summed E-state index contributed by atoms with van der Waals surface area (Å²) >= 11 is 7.76. The molecule has 0 aliphatic carbocycles. The number of benzene rings is 3. The van der Waals surface area contributed by atoms with Gasteiger partial charge in [0.25, 0.3) is 15.9 Å². The number of para-hydroxylation sites is 2. The molecule has 5 rings (SSSR count). The number of hydrogen-bond acceptors (Lipinski definition) is 6. The van der Waals surface area contributed by atoms with Crippen molar-refractivity contribution in [2.75, 3.05) is 42.9 Å². The first-order chi connectivity index (χ1) is 18.3. The summed E-state index contributed by atoms with van der Waals surface area (Å²) in [6, 6.07) is 19.4. The Bertz CT molecular complexity index is 1570. The van der Waals surface area contributed by atoms with Gasteiger partial charge in [-0.25, -0.2) is 13.4 Å². The highest BCUT2D eigenvalue weighted by atomic mass is 35.5. The lowest BCUT2D eigenvalue weighted by Gasteiger charge is -2.30. The van der Waals surface area contributed by atoms with E-state index in [0.717, 1.165) is 41.8 Å². The largest absolute Gasteiger partial charge is 0.309 e. The van der Waals surface area contributed by atoms with Gasteiger partial charge >= 0.3 is 0 Å². The summed E-state index contributed by atoms with van der Waals surface area (Å²) in [7, 11) is 0.221. The lowest BCUT2D eigenvalue weighted by Crippen LogP contribution is -2.35. The molecule has 4 aromatic rings. The van der Waals surface area contributed by atoms with Gasteiger partial charge < -0.3 is 4.90 Å². The molecule has 2 heterocycles. The van der Waals surface area contributed by atoms with Gasteiger partial charge in [-0.1, -0.05) is 47.2 Å². The van der Waals surface area contributed by atoms with Gasteiger partial charge in [0.15, 0.2) is 5.13 Å². The molecule has 39 heavy (non-hydrogen) atoms. The molecular weight excluding hydrogens is 575 g/mol. The number of rotatable bonds is 8. The maximum atomic E-state index is 13.7. The Morgan fingerprint density at radius 1 is 1.03 bits per heavy atom. The second-order valence-corrected chi connectivity index (χ2v) is 12.8. The third-order valence-corrected chi connectivity index (χ3v) is 9.75. The lowest BCUT2D eigenvalue weighted by atomic mass is 10.0. The molecule has 0 radical (unpaired) electrons. The second-order valence-electron chi connectivity index (χ2n) is 9.53. The van der Waals surface area contributed by atoms with Crippen molar-refractivity contribution in [3.8, 4) is 0 Å². The van der Waals surface area contributed by atoms with Crippen LogP contribution in [0.2, 0.25) is 5.02 Å². The van der Waals surface area contributed by atoms with E-state index in [1.165, 1.54) is 27.8 Å². The number of amides is 1. The van der Waals surface area contributed by atoms with E-state index < -0.39 is 10.0 Å². The molecule has 0 N–H and O–H groups in total. The van der Waals surface area contributed by atoms with Crippen LogP contribution in [0.25, 0.3) is 10.2 Å². The Hall–Kier alpha value is -2.69. The van der Waals surface area contributed by atoms with Crippen molar-refractivity contribution in [2.24, 2.45) is 0 Å². The highest BCUT2D eigenvalue weighted by Gasteiger charge is 2.29. The van der Waals surface area contributed by atoms with E-state index in [0.29, 0.717) is 34.3 Å². The van der Waals surface area contributed by atoms with Gasteiger partial charge in [0, 0.05) is 18.7 Å². The van der Waals surface area contributed by atoms with Crippen LogP contribution >= 0.6 is 35.3 Å². The van der Waals surface area contributed by atoms with E-state index in [1.807, 2.05) is 50.5 Å². The van der Waals surface area contributed by atoms with Crippen molar-refractivity contribution in [1.82, 2.24) is 9.88 Å². The number of thiazole rings is 1. The van der Waals surface area contributed by atoms with Crippen LogP contribution in [0, 0.1) is 0 Å². The molecule has 0 fully saturated rings. The summed E-state index contributed by atoms with van der Waals surface area (Å²) in [4.78, 5) is 22.3. The van der Waals surface area contributed by atoms with Gasteiger partial charge in [-0.15, -0.1) is 12.4 Å². The molecule has 1 aliphatic rings. The Labute approximate surface area is 244 Å². The SMILES string of the molecule is CN(C)CCCN(C(=O)c1ccc(S(=O)(=O)N2CCCc3ccccc32)cc1)c1nc2c(Cl)cccc2s1.Cl. The van der Waals surface area contributed by atoms with Crippen LogP contribution in [0.15, 0.2) is 71.6 Å². The molecule has 0 unspecified atom stereocenters. The fraction of sp³-hybridized carbons (Fsp3) is 0.286. The van der Waals surface area contributed by atoms with Crippen molar-refractivity contribution in [1.29, 1.82) is 0 Å². The lowest BCUT2D eigenvalue weighted by molar-refractivity contribution is 0.0986. The highest BCUT2D eigenvalue weighted by Crippen LogP contribution is 2.34. The molecule has 11 heteroatoms. The number of aromatic nitrogens is 1. The quantitative estimate of drug-likeness (QED) is 0.242. The number of aryl methyl sites for hydroxylation is 1. The van der Waals surface area contributed by atoms with Crippen LogP contribution in [-0.2, 0) is 16.4 Å². The number of anilines is 2. The summed E-state index contributed by atoms with van der Waals surface area (Å²) in [6.45, 7) is 1.71. The Morgan fingerprint density at radius 2 is 1.77 bits per heavy atom. The molecule has 206 valence electrons. The molecule has 3 aromatic carbocycles. The van der Waals surface area contributed by atoms with E-state index >= 15 is 0 Å². The summed E-state index contributed by atoms with van der Waals surface area (Å²) in [5.41, 5.74) is 2.82. The fourth-order valence-electron chi connectivity index (χ4n) is 4.65. The molecule has 1 aliphatic heterocycles. The minimum atomic E-state index is -3.76. The minimum Gasteiger partial charge on any atom is -0.309 e. The topological polar surface area (TPSA) is 73.8 Å². The van der Waals surface area contributed by atoms with Gasteiger partial charge in [-0.3, -0.25) is 14.0 Å². The molecule has 0 saturated heterocycles. The minimum absolute atomic E-state index is 0. The standard InChI is InChI=1S/C28H29ClN4O3S2.ClH/c1-31(2)17-7-18-32(28-30-26-23(29)10-5-12-25(26)37-28)27(34)21-13-15-22(16-14-21)38(35,36)33-19-6-9-20-8-3-4-11-24(20)33;/h3-5,8,10-16H,6-7,9,17-19H2,1-2H3;1H. The van der Waals surface area contributed by atoms with Gasteiger partial charge in [-0.05, 0) is 87.9 Å². The Morgan fingerprint density at radius 3 is 2.49 bits per heavy atom. The van der Waals surface area contributed by atoms with E-state index in [1.54, 1.807) is 23.1 Å². The van der Waals surface area contributed by atoms with Crippen LogP contribution in [0.1, 0.15) is 28.8 Å². The molecule has 1 amide bonds. The van der Waals surface area contributed by atoms with Gasteiger partial charge in [0.1, 0.15) is 5.52 Å². The van der Waals surface area contributed by atoms with E-state index in [2.05, 4.69) is 9.88 Å². The number of fused-ring (bicyclic) bond motifs is 2. The number of halogens is 2.